The number of nitrogens with zero attached hydrogens (tertiary/aromatic N) is 3. The zero-order valence-electron chi connectivity index (χ0n) is 15.0. The van der Waals surface area contributed by atoms with Crippen LogP contribution in [0.2, 0.25) is 0 Å². The number of carbonyl (C=O) groups is 1. The van der Waals surface area contributed by atoms with Crippen LogP contribution in [0.15, 0.2) is 35.8 Å². The minimum Gasteiger partial charge on any atom is -0.339 e. The van der Waals surface area contributed by atoms with Gasteiger partial charge in [0.15, 0.2) is 0 Å². The van der Waals surface area contributed by atoms with Crippen molar-refractivity contribution in [2.24, 2.45) is 0 Å². The van der Waals surface area contributed by atoms with E-state index in [2.05, 4.69) is 22.1 Å². The van der Waals surface area contributed by atoms with Gasteiger partial charge in [-0.3, -0.25) is 9.89 Å². The van der Waals surface area contributed by atoms with Gasteiger partial charge in [0.1, 0.15) is 0 Å². The van der Waals surface area contributed by atoms with Gasteiger partial charge in [0.25, 0.3) is 5.91 Å². The molecule has 1 N–H and O–H groups in total. The van der Waals surface area contributed by atoms with Gasteiger partial charge in [-0.25, -0.2) is 4.98 Å². The average Bonchev–Trinajstić information content (AvgIpc) is 3.30. The van der Waals surface area contributed by atoms with Gasteiger partial charge >= 0.3 is 0 Å². The van der Waals surface area contributed by atoms with E-state index in [1.54, 1.807) is 11.3 Å². The molecule has 1 saturated heterocycles. The summed E-state index contributed by atoms with van der Waals surface area (Å²) in [5.41, 5.74) is 5.12. The van der Waals surface area contributed by atoms with Crippen molar-refractivity contribution >= 4 is 17.2 Å². The summed E-state index contributed by atoms with van der Waals surface area (Å²) in [7, 11) is 0. The number of H-pyrrole nitrogens is 1. The van der Waals surface area contributed by atoms with E-state index in [0.29, 0.717) is 5.92 Å². The predicted molar refractivity (Wildman–Crippen MR) is 103 cm³/mol. The number of aryl methyl sites for hydroxylation is 2. The van der Waals surface area contributed by atoms with Crippen LogP contribution < -0.4 is 0 Å². The van der Waals surface area contributed by atoms with Crippen LogP contribution in [0.4, 0.5) is 0 Å². The molecule has 0 unspecified atom stereocenters. The third-order valence-electron chi connectivity index (χ3n) is 5.12. The first-order valence-corrected chi connectivity index (χ1v) is 9.81. The maximum atomic E-state index is 12.9. The third-order valence-corrected chi connectivity index (χ3v) is 5.89. The Kier molecular flexibility index (Phi) is 4.59. The van der Waals surface area contributed by atoms with Crippen molar-refractivity contribution in [1.29, 1.82) is 0 Å². The molecule has 1 aromatic carbocycles. The molecule has 26 heavy (non-hydrogen) atoms. The Morgan fingerprint density at radius 3 is 2.73 bits per heavy atom. The summed E-state index contributed by atoms with van der Waals surface area (Å²) >= 11 is 1.63. The molecule has 3 aromatic rings. The van der Waals surface area contributed by atoms with Crippen molar-refractivity contribution in [3.63, 3.8) is 0 Å². The fraction of sp³-hybridized carbons (Fsp3) is 0.350. The molecule has 1 amide bonds. The van der Waals surface area contributed by atoms with Crippen LogP contribution in [0.5, 0.6) is 0 Å². The lowest BCUT2D eigenvalue weighted by Gasteiger charge is -2.32. The van der Waals surface area contributed by atoms with Gasteiger partial charge in [-0.15, -0.1) is 11.3 Å². The van der Waals surface area contributed by atoms with E-state index in [-0.39, 0.29) is 5.91 Å². The number of likely N-dealkylation sites (tertiary alicyclic amines) is 1. The zero-order valence-corrected chi connectivity index (χ0v) is 15.8. The highest BCUT2D eigenvalue weighted by Gasteiger charge is 2.26. The Balaban J connectivity index is 1.46. The molecule has 134 valence electrons. The number of aromatic nitrogens is 3. The van der Waals surface area contributed by atoms with Crippen molar-refractivity contribution in [3.05, 3.63) is 57.7 Å². The Labute approximate surface area is 157 Å². The van der Waals surface area contributed by atoms with E-state index >= 15 is 0 Å². The summed E-state index contributed by atoms with van der Waals surface area (Å²) in [6.45, 7) is 5.63. The van der Waals surface area contributed by atoms with E-state index in [1.165, 1.54) is 5.56 Å². The van der Waals surface area contributed by atoms with E-state index in [0.717, 1.165) is 53.5 Å². The molecule has 0 radical (unpaired) electrons. The van der Waals surface area contributed by atoms with Crippen LogP contribution >= 0.6 is 11.3 Å². The van der Waals surface area contributed by atoms with Gasteiger partial charge in [0, 0.05) is 35.3 Å². The maximum Gasteiger partial charge on any atom is 0.253 e. The summed E-state index contributed by atoms with van der Waals surface area (Å²) in [6, 6.07) is 7.82. The van der Waals surface area contributed by atoms with Crippen LogP contribution in [-0.4, -0.2) is 39.1 Å². The van der Waals surface area contributed by atoms with E-state index in [1.807, 2.05) is 47.7 Å². The van der Waals surface area contributed by atoms with Crippen LogP contribution in [0.25, 0.3) is 11.3 Å². The standard InChI is InChI=1S/C20H22N4OS/c1-13-18(11-21-23-13)15-6-8-24(9-7-15)20(25)17-5-3-4-16(10-17)19-12-26-14(2)22-19/h3-5,10-12,15H,6-9H2,1-2H3,(H,21,23). The molecule has 0 spiro atoms. The molecule has 3 heterocycles. The van der Waals surface area contributed by atoms with Crippen molar-refractivity contribution in [3.8, 4) is 11.3 Å². The first-order valence-electron chi connectivity index (χ1n) is 8.93. The molecule has 1 aliphatic rings. The zero-order chi connectivity index (χ0) is 18.1. The normalized spacial score (nSPS) is 15.4. The Morgan fingerprint density at radius 2 is 2.08 bits per heavy atom. The van der Waals surface area contributed by atoms with Crippen molar-refractivity contribution in [2.75, 3.05) is 13.1 Å². The number of rotatable bonds is 3. The number of thiazole rings is 1. The highest BCUT2D eigenvalue weighted by Crippen LogP contribution is 2.30. The number of piperidine rings is 1. The minimum atomic E-state index is 0.112. The van der Waals surface area contributed by atoms with Gasteiger partial charge < -0.3 is 4.90 Å². The second-order valence-electron chi connectivity index (χ2n) is 6.85. The van der Waals surface area contributed by atoms with Crippen LogP contribution in [0.1, 0.15) is 45.4 Å². The number of carbonyl (C=O) groups excluding carboxylic acids is 1. The Morgan fingerprint density at radius 1 is 1.27 bits per heavy atom. The minimum absolute atomic E-state index is 0.112. The SMILES string of the molecule is Cc1nc(-c2cccc(C(=O)N3CCC(c4cn[nH]c4C)CC3)c2)cs1. The van der Waals surface area contributed by atoms with Gasteiger partial charge in [-0.1, -0.05) is 12.1 Å². The highest BCUT2D eigenvalue weighted by atomic mass is 32.1. The molecule has 1 fully saturated rings. The van der Waals surface area contributed by atoms with Crippen LogP contribution in [-0.2, 0) is 0 Å². The molecule has 5 nitrogen and oxygen atoms in total. The number of aromatic amines is 1. The predicted octanol–water partition coefficient (Wildman–Crippen LogP) is 4.17. The lowest BCUT2D eigenvalue weighted by atomic mass is 9.89. The molecule has 0 saturated carbocycles. The lowest BCUT2D eigenvalue weighted by Crippen LogP contribution is -2.38. The second kappa shape index (κ2) is 7.03. The molecule has 0 bridgehead atoms. The van der Waals surface area contributed by atoms with E-state index in [4.69, 9.17) is 0 Å². The fourth-order valence-electron chi connectivity index (χ4n) is 3.66. The van der Waals surface area contributed by atoms with Gasteiger partial charge in [-0.05, 0) is 50.3 Å². The van der Waals surface area contributed by atoms with Gasteiger partial charge in [-0.2, -0.15) is 5.10 Å². The average molecular weight is 366 g/mol. The molecule has 2 aromatic heterocycles. The first kappa shape index (κ1) is 17.0. The summed E-state index contributed by atoms with van der Waals surface area (Å²) in [5.74, 6) is 0.600. The van der Waals surface area contributed by atoms with Crippen molar-refractivity contribution in [2.45, 2.75) is 32.6 Å². The molecule has 0 atom stereocenters. The van der Waals surface area contributed by atoms with Crippen LogP contribution in [0, 0.1) is 13.8 Å². The monoisotopic (exact) mass is 366 g/mol. The highest BCUT2D eigenvalue weighted by molar-refractivity contribution is 7.09. The Bertz CT molecular complexity index is 921. The fourth-order valence-corrected chi connectivity index (χ4v) is 4.28. The molecular weight excluding hydrogens is 344 g/mol. The number of amides is 1. The lowest BCUT2D eigenvalue weighted by molar-refractivity contribution is 0.0713. The van der Waals surface area contributed by atoms with E-state index in [9.17, 15) is 4.79 Å². The summed E-state index contributed by atoms with van der Waals surface area (Å²) in [5, 5.41) is 10.2. The summed E-state index contributed by atoms with van der Waals surface area (Å²) in [4.78, 5) is 19.4. The van der Waals surface area contributed by atoms with Crippen LogP contribution in [0.3, 0.4) is 0 Å². The van der Waals surface area contributed by atoms with E-state index < -0.39 is 0 Å². The smallest absolute Gasteiger partial charge is 0.253 e. The number of hydrogen-bond donors (Lipinski definition) is 1. The quantitative estimate of drug-likeness (QED) is 0.757. The van der Waals surface area contributed by atoms with Crippen molar-refractivity contribution < 1.29 is 4.79 Å². The summed E-state index contributed by atoms with van der Waals surface area (Å²) in [6.07, 6.45) is 3.89. The first-order chi connectivity index (χ1) is 12.6. The molecule has 4 rings (SSSR count). The van der Waals surface area contributed by atoms with Gasteiger partial charge in [0.05, 0.1) is 16.9 Å². The largest absolute Gasteiger partial charge is 0.339 e. The topological polar surface area (TPSA) is 61.9 Å². The molecule has 0 aliphatic carbocycles. The summed E-state index contributed by atoms with van der Waals surface area (Å²) < 4.78 is 0. The molecular formula is C20H22N4OS. The number of benzene rings is 1. The second-order valence-corrected chi connectivity index (χ2v) is 7.91. The maximum absolute atomic E-state index is 12.9. The molecule has 1 aliphatic heterocycles. The Hall–Kier alpha value is -2.47. The van der Waals surface area contributed by atoms with Crippen molar-refractivity contribution in [1.82, 2.24) is 20.1 Å². The van der Waals surface area contributed by atoms with Gasteiger partial charge in [0.2, 0.25) is 0 Å². The third kappa shape index (κ3) is 3.29. The number of nitrogens with one attached hydrogen (secondary N) is 1. The number of hydrogen-bond acceptors (Lipinski definition) is 4. The molecule has 6 heteroatoms.